The lowest BCUT2D eigenvalue weighted by molar-refractivity contribution is 0.0600. The van der Waals surface area contributed by atoms with Crippen LogP contribution in [-0.4, -0.2) is 20.2 Å². The molecule has 2 aromatic carbocycles. The van der Waals surface area contributed by atoms with Crippen LogP contribution < -0.4 is 4.74 Å². The zero-order valence-corrected chi connectivity index (χ0v) is 10.6. The molecule has 0 aliphatic heterocycles. The number of rotatable bonds is 3. The van der Waals surface area contributed by atoms with Crippen LogP contribution in [0.3, 0.4) is 0 Å². The van der Waals surface area contributed by atoms with Crippen LogP contribution >= 0.6 is 0 Å². The maximum atomic E-state index is 13.5. The van der Waals surface area contributed by atoms with Crippen LogP contribution in [-0.2, 0) is 4.74 Å². The first-order valence-electron chi connectivity index (χ1n) is 5.67. The fourth-order valence-electron chi connectivity index (χ4n) is 1.78. The van der Waals surface area contributed by atoms with E-state index >= 15 is 0 Å². The Morgan fingerprint density at radius 2 is 1.68 bits per heavy atom. The Labute approximate surface area is 110 Å². The lowest BCUT2D eigenvalue weighted by Crippen LogP contribution is -2.02. The maximum Gasteiger partial charge on any atom is 0.337 e. The van der Waals surface area contributed by atoms with Crippen molar-refractivity contribution in [2.75, 3.05) is 14.2 Å². The molecule has 2 rings (SSSR count). The van der Waals surface area contributed by atoms with E-state index in [1.165, 1.54) is 13.2 Å². The molecule has 0 saturated heterocycles. The van der Waals surface area contributed by atoms with Crippen molar-refractivity contribution in [3.63, 3.8) is 0 Å². The van der Waals surface area contributed by atoms with Crippen LogP contribution in [0, 0.1) is 5.82 Å². The molecule has 0 saturated carbocycles. The van der Waals surface area contributed by atoms with Crippen LogP contribution in [0.4, 0.5) is 4.39 Å². The summed E-state index contributed by atoms with van der Waals surface area (Å²) in [5.74, 6) is -0.323. The van der Waals surface area contributed by atoms with E-state index in [1.807, 2.05) is 0 Å². The van der Waals surface area contributed by atoms with E-state index in [4.69, 9.17) is 4.74 Å². The first-order valence-corrected chi connectivity index (χ1v) is 5.67. The molecule has 3 nitrogen and oxygen atoms in total. The topological polar surface area (TPSA) is 35.5 Å². The molecule has 0 amide bonds. The third-order valence-electron chi connectivity index (χ3n) is 2.74. The molecule has 0 spiro atoms. The van der Waals surface area contributed by atoms with Gasteiger partial charge in [-0.05, 0) is 41.5 Å². The van der Waals surface area contributed by atoms with Gasteiger partial charge in [-0.15, -0.1) is 0 Å². The Balaban J connectivity index is 2.43. The van der Waals surface area contributed by atoms with Gasteiger partial charge >= 0.3 is 5.97 Å². The van der Waals surface area contributed by atoms with E-state index in [2.05, 4.69) is 4.74 Å². The molecular weight excluding hydrogens is 247 g/mol. The van der Waals surface area contributed by atoms with Crippen LogP contribution in [0.5, 0.6) is 5.75 Å². The van der Waals surface area contributed by atoms with Gasteiger partial charge in [0.25, 0.3) is 0 Å². The van der Waals surface area contributed by atoms with Gasteiger partial charge in [0.15, 0.2) is 0 Å². The van der Waals surface area contributed by atoms with E-state index < -0.39 is 11.8 Å². The molecule has 0 heterocycles. The van der Waals surface area contributed by atoms with E-state index in [-0.39, 0.29) is 5.56 Å². The highest BCUT2D eigenvalue weighted by Crippen LogP contribution is 2.24. The van der Waals surface area contributed by atoms with Gasteiger partial charge in [0.1, 0.15) is 11.6 Å². The predicted octanol–water partition coefficient (Wildman–Crippen LogP) is 3.29. The average Bonchev–Trinajstić information content (AvgIpc) is 2.45. The van der Waals surface area contributed by atoms with Gasteiger partial charge in [-0.1, -0.05) is 12.1 Å². The highest BCUT2D eigenvalue weighted by molar-refractivity contribution is 5.91. The Hall–Kier alpha value is -2.36. The number of methoxy groups -OCH3 is 2. The Morgan fingerprint density at radius 3 is 2.26 bits per heavy atom. The largest absolute Gasteiger partial charge is 0.497 e. The smallest absolute Gasteiger partial charge is 0.337 e. The van der Waals surface area contributed by atoms with Crippen molar-refractivity contribution in [3.05, 3.63) is 53.8 Å². The second-order valence-electron chi connectivity index (χ2n) is 3.95. The van der Waals surface area contributed by atoms with Crippen molar-refractivity contribution in [2.24, 2.45) is 0 Å². The van der Waals surface area contributed by atoms with E-state index in [9.17, 15) is 9.18 Å². The first-order chi connectivity index (χ1) is 9.13. The van der Waals surface area contributed by atoms with Crippen molar-refractivity contribution >= 4 is 5.97 Å². The molecule has 0 radical (unpaired) electrons. The number of hydrogen-bond donors (Lipinski definition) is 0. The van der Waals surface area contributed by atoms with Gasteiger partial charge in [-0.25, -0.2) is 9.18 Å². The summed E-state index contributed by atoms with van der Waals surface area (Å²) in [6, 6.07) is 11.3. The lowest BCUT2D eigenvalue weighted by atomic mass is 10.0. The summed E-state index contributed by atoms with van der Waals surface area (Å²) < 4.78 is 23.2. The fourth-order valence-corrected chi connectivity index (χ4v) is 1.78. The Kier molecular flexibility index (Phi) is 3.80. The fraction of sp³-hybridized carbons (Fsp3) is 0.133. The molecule has 19 heavy (non-hydrogen) atoms. The molecule has 98 valence electrons. The molecule has 0 fully saturated rings. The second-order valence-corrected chi connectivity index (χ2v) is 3.95. The monoisotopic (exact) mass is 260 g/mol. The minimum Gasteiger partial charge on any atom is -0.497 e. The summed E-state index contributed by atoms with van der Waals surface area (Å²) in [5, 5.41) is 0. The highest BCUT2D eigenvalue weighted by Gasteiger charge is 2.10. The summed E-state index contributed by atoms with van der Waals surface area (Å²) in [6.45, 7) is 0. The molecule has 0 atom stereocenters. The van der Waals surface area contributed by atoms with Gasteiger partial charge in [-0.3, -0.25) is 0 Å². The van der Waals surface area contributed by atoms with E-state index in [0.29, 0.717) is 11.3 Å². The van der Waals surface area contributed by atoms with Gasteiger partial charge in [0.05, 0.1) is 19.8 Å². The number of carbonyl (C=O) groups excluding carboxylic acids is 1. The number of ether oxygens (including phenoxy) is 2. The summed E-state index contributed by atoms with van der Waals surface area (Å²) in [5.41, 5.74) is 1.60. The first kappa shape index (κ1) is 13.1. The standard InChI is InChI=1S/C15H13FO3/c1-18-14-5-3-10(4-6-14)11-7-12(15(17)19-2)9-13(16)8-11/h3-9H,1-2H3. The molecule has 0 bridgehead atoms. The number of esters is 1. The minimum atomic E-state index is -0.561. The third kappa shape index (κ3) is 2.91. The minimum absolute atomic E-state index is 0.188. The molecule has 4 heteroatoms. The number of halogens is 1. The molecule has 0 aliphatic carbocycles. The second kappa shape index (κ2) is 5.52. The van der Waals surface area contributed by atoms with Crippen molar-refractivity contribution in [1.29, 1.82) is 0 Å². The summed E-state index contributed by atoms with van der Waals surface area (Å²) in [4.78, 5) is 11.4. The predicted molar refractivity (Wildman–Crippen MR) is 69.7 cm³/mol. The summed E-state index contributed by atoms with van der Waals surface area (Å²) in [7, 11) is 2.84. The van der Waals surface area contributed by atoms with E-state index in [1.54, 1.807) is 37.4 Å². The van der Waals surface area contributed by atoms with Gasteiger partial charge in [0, 0.05) is 0 Å². The van der Waals surface area contributed by atoms with Crippen LogP contribution in [0.2, 0.25) is 0 Å². The van der Waals surface area contributed by atoms with E-state index in [0.717, 1.165) is 11.6 Å². The van der Waals surface area contributed by atoms with Gasteiger partial charge in [-0.2, -0.15) is 0 Å². The molecule has 0 unspecified atom stereocenters. The van der Waals surface area contributed by atoms with Gasteiger partial charge in [0.2, 0.25) is 0 Å². The lowest BCUT2D eigenvalue weighted by Gasteiger charge is -2.06. The molecule has 2 aromatic rings. The van der Waals surface area contributed by atoms with Crippen LogP contribution in [0.15, 0.2) is 42.5 Å². The number of benzene rings is 2. The average molecular weight is 260 g/mol. The van der Waals surface area contributed by atoms with Crippen molar-refractivity contribution in [1.82, 2.24) is 0 Å². The number of hydrogen-bond acceptors (Lipinski definition) is 3. The zero-order chi connectivity index (χ0) is 13.8. The van der Waals surface area contributed by atoms with Crippen LogP contribution in [0.1, 0.15) is 10.4 Å². The quantitative estimate of drug-likeness (QED) is 0.794. The molecule has 0 N–H and O–H groups in total. The summed E-state index contributed by atoms with van der Waals surface area (Å²) in [6.07, 6.45) is 0. The molecule has 0 aliphatic rings. The third-order valence-corrected chi connectivity index (χ3v) is 2.74. The normalized spacial score (nSPS) is 10.1. The Bertz CT molecular complexity index is 591. The highest BCUT2D eigenvalue weighted by atomic mass is 19.1. The van der Waals surface area contributed by atoms with Gasteiger partial charge < -0.3 is 9.47 Å². The summed E-state index contributed by atoms with van der Waals surface area (Å²) >= 11 is 0. The van der Waals surface area contributed by atoms with Crippen molar-refractivity contribution in [2.45, 2.75) is 0 Å². The van der Waals surface area contributed by atoms with Crippen molar-refractivity contribution < 1.29 is 18.7 Å². The van der Waals surface area contributed by atoms with Crippen molar-refractivity contribution in [3.8, 4) is 16.9 Å². The maximum absolute atomic E-state index is 13.5. The van der Waals surface area contributed by atoms with Crippen LogP contribution in [0.25, 0.3) is 11.1 Å². The zero-order valence-electron chi connectivity index (χ0n) is 10.6. The number of carbonyl (C=O) groups is 1. The Morgan fingerprint density at radius 1 is 1.00 bits per heavy atom. The SMILES string of the molecule is COC(=O)c1cc(F)cc(-c2ccc(OC)cc2)c1. The molecular formula is C15H13FO3. The molecule has 0 aromatic heterocycles.